The zero-order chi connectivity index (χ0) is 19.8. The van der Waals surface area contributed by atoms with Gasteiger partial charge in [0.15, 0.2) is 18.1 Å². The van der Waals surface area contributed by atoms with Crippen LogP contribution in [0.4, 0.5) is 0 Å². The molecule has 6 heteroatoms. The van der Waals surface area contributed by atoms with Gasteiger partial charge in [-0.1, -0.05) is 26.0 Å². The van der Waals surface area contributed by atoms with Gasteiger partial charge in [0.25, 0.3) is 5.91 Å². The fraction of sp³-hybridized carbons (Fsp3) is 0.381. The van der Waals surface area contributed by atoms with E-state index < -0.39 is 0 Å². The number of rotatable bonds is 9. The molecular weight excluding hydrogens is 410 g/mol. The quantitative estimate of drug-likeness (QED) is 0.636. The zero-order valence-corrected chi connectivity index (χ0v) is 17.8. The Balaban J connectivity index is 1.80. The molecule has 2 aromatic rings. The summed E-state index contributed by atoms with van der Waals surface area (Å²) in [5.41, 5.74) is 2.27. The minimum atomic E-state index is -0.157. The lowest BCUT2D eigenvalue weighted by Crippen LogP contribution is -2.30. The molecule has 0 atom stereocenters. The highest BCUT2D eigenvalue weighted by Crippen LogP contribution is 2.29. The van der Waals surface area contributed by atoms with Crippen LogP contribution in [0, 0.1) is 0 Å². The Labute approximate surface area is 169 Å². The average Bonchev–Trinajstić information content (AvgIpc) is 2.66. The molecule has 1 N–H and O–H groups in total. The first-order valence-corrected chi connectivity index (χ1v) is 9.63. The lowest BCUT2D eigenvalue weighted by molar-refractivity contribution is -0.123. The first kappa shape index (κ1) is 21.1. The van der Waals surface area contributed by atoms with E-state index in [2.05, 4.69) is 35.1 Å². The van der Waals surface area contributed by atoms with Crippen LogP contribution in [0.2, 0.25) is 0 Å². The van der Waals surface area contributed by atoms with Gasteiger partial charge in [-0.2, -0.15) is 0 Å². The third-order valence-corrected chi connectivity index (χ3v) is 4.78. The Morgan fingerprint density at radius 3 is 2.37 bits per heavy atom. The van der Waals surface area contributed by atoms with Gasteiger partial charge in [0.2, 0.25) is 0 Å². The molecule has 0 unspecified atom stereocenters. The second-order valence-corrected chi connectivity index (χ2v) is 7.28. The maximum atomic E-state index is 12.0. The summed E-state index contributed by atoms with van der Waals surface area (Å²) >= 11 is 3.50. The van der Waals surface area contributed by atoms with Crippen molar-refractivity contribution in [3.8, 4) is 17.2 Å². The average molecular weight is 436 g/mol. The van der Waals surface area contributed by atoms with Crippen LogP contribution >= 0.6 is 15.9 Å². The summed E-state index contributed by atoms with van der Waals surface area (Å²) in [5, 5.41) is 2.87. The monoisotopic (exact) mass is 435 g/mol. The normalized spacial score (nSPS) is 10.6. The number of amides is 1. The highest BCUT2D eigenvalue weighted by atomic mass is 79.9. The fourth-order valence-corrected chi connectivity index (χ4v) is 3.08. The SMILES string of the molecule is COc1ccc(CCNC(=O)COc2ccc(C(C)C)cc2Br)cc1OC. The van der Waals surface area contributed by atoms with Crippen molar-refractivity contribution in [2.45, 2.75) is 26.2 Å². The molecule has 0 aliphatic rings. The molecule has 2 aromatic carbocycles. The minimum absolute atomic E-state index is 0.0223. The van der Waals surface area contributed by atoms with Crippen LogP contribution in [-0.2, 0) is 11.2 Å². The van der Waals surface area contributed by atoms with E-state index in [1.165, 1.54) is 5.56 Å². The van der Waals surface area contributed by atoms with Crippen LogP contribution < -0.4 is 19.5 Å². The summed E-state index contributed by atoms with van der Waals surface area (Å²) in [6.07, 6.45) is 0.693. The van der Waals surface area contributed by atoms with Crippen LogP contribution in [0.5, 0.6) is 17.2 Å². The lowest BCUT2D eigenvalue weighted by atomic mass is 10.0. The van der Waals surface area contributed by atoms with Gasteiger partial charge < -0.3 is 19.5 Å². The second kappa shape index (κ2) is 10.2. The van der Waals surface area contributed by atoms with Gasteiger partial charge in [-0.15, -0.1) is 0 Å². The van der Waals surface area contributed by atoms with Crippen molar-refractivity contribution in [1.82, 2.24) is 5.32 Å². The van der Waals surface area contributed by atoms with Crippen LogP contribution in [0.15, 0.2) is 40.9 Å². The number of carbonyl (C=O) groups excluding carboxylic acids is 1. The van der Waals surface area contributed by atoms with Crippen LogP contribution in [0.3, 0.4) is 0 Å². The Morgan fingerprint density at radius 2 is 1.74 bits per heavy atom. The van der Waals surface area contributed by atoms with Crippen molar-refractivity contribution in [2.24, 2.45) is 0 Å². The van der Waals surface area contributed by atoms with Gasteiger partial charge in [-0.3, -0.25) is 4.79 Å². The molecule has 5 nitrogen and oxygen atoms in total. The highest BCUT2D eigenvalue weighted by Gasteiger charge is 2.09. The summed E-state index contributed by atoms with van der Waals surface area (Å²) in [6, 6.07) is 11.6. The van der Waals surface area contributed by atoms with Crippen molar-refractivity contribution >= 4 is 21.8 Å². The molecule has 0 radical (unpaired) electrons. The van der Waals surface area contributed by atoms with Crippen LogP contribution in [0.25, 0.3) is 0 Å². The van der Waals surface area contributed by atoms with E-state index >= 15 is 0 Å². The third-order valence-electron chi connectivity index (χ3n) is 4.17. The molecule has 0 bridgehead atoms. The van der Waals surface area contributed by atoms with E-state index in [4.69, 9.17) is 14.2 Å². The Bertz CT molecular complexity index is 777. The molecule has 0 saturated carbocycles. The second-order valence-electron chi connectivity index (χ2n) is 6.42. The third kappa shape index (κ3) is 6.17. The molecule has 1 amide bonds. The molecule has 146 valence electrons. The van der Waals surface area contributed by atoms with E-state index in [9.17, 15) is 4.79 Å². The number of halogens is 1. The number of ether oxygens (including phenoxy) is 3. The number of nitrogens with one attached hydrogen (secondary N) is 1. The molecule has 0 aromatic heterocycles. The Kier molecular flexibility index (Phi) is 7.98. The van der Waals surface area contributed by atoms with Crippen LogP contribution in [0.1, 0.15) is 30.9 Å². The first-order chi connectivity index (χ1) is 12.9. The van der Waals surface area contributed by atoms with Crippen molar-refractivity contribution in [3.63, 3.8) is 0 Å². The number of benzene rings is 2. The summed E-state index contributed by atoms with van der Waals surface area (Å²) < 4.78 is 17.0. The van der Waals surface area contributed by atoms with E-state index in [-0.39, 0.29) is 12.5 Å². The molecule has 0 fully saturated rings. The number of hydrogen-bond acceptors (Lipinski definition) is 4. The van der Waals surface area contributed by atoms with E-state index in [1.807, 2.05) is 36.4 Å². The predicted molar refractivity (Wildman–Crippen MR) is 110 cm³/mol. The largest absolute Gasteiger partial charge is 0.493 e. The van der Waals surface area contributed by atoms with Crippen molar-refractivity contribution in [3.05, 3.63) is 52.0 Å². The number of carbonyl (C=O) groups is 1. The Morgan fingerprint density at radius 1 is 1.04 bits per heavy atom. The molecule has 0 heterocycles. The topological polar surface area (TPSA) is 56.8 Å². The summed E-state index contributed by atoms with van der Waals surface area (Å²) in [7, 11) is 3.21. The molecule has 0 spiro atoms. The molecule has 27 heavy (non-hydrogen) atoms. The lowest BCUT2D eigenvalue weighted by Gasteiger charge is -2.12. The van der Waals surface area contributed by atoms with E-state index in [1.54, 1.807) is 14.2 Å². The molecule has 0 aliphatic heterocycles. The van der Waals surface area contributed by atoms with E-state index in [0.29, 0.717) is 36.1 Å². The van der Waals surface area contributed by atoms with Gasteiger partial charge in [0, 0.05) is 6.54 Å². The molecular formula is C21H26BrNO4. The Hall–Kier alpha value is -2.21. The number of hydrogen-bond donors (Lipinski definition) is 1. The summed E-state index contributed by atoms with van der Waals surface area (Å²) in [5.74, 6) is 2.31. The standard InChI is InChI=1S/C21H26BrNO4/c1-14(2)16-6-8-18(17(22)12-16)27-13-21(24)23-10-9-15-5-7-19(25-3)20(11-15)26-4/h5-8,11-12,14H,9-10,13H2,1-4H3,(H,23,24). The molecule has 2 rings (SSSR count). The maximum absolute atomic E-state index is 12.0. The highest BCUT2D eigenvalue weighted by molar-refractivity contribution is 9.10. The zero-order valence-electron chi connectivity index (χ0n) is 16.2. The van der Waals surface area contributed by atoms with Gasteiger partial charge in [-0.25, -0.2) is 0 Å². The summed E-state index contributed by atoms with van der Waals surface area (Å²) in [4.78, 5) is 12.0. The van der Waals surface area contributed by atoms with Crippen molar-refractivity contribution < 1.29 is 19.0 Å². The first-order valence-electron chi connectivity index (χ1n) is 8.84. The fourth-order valence-electron chi connectivity index (χ4n) is 2.57. The van der Waals surface area contributed by atoms with Gasteiger partial charge >= 0.3 is 0 Å². The predicted octanol–water partition coefficient (Wildman–Crippen LogP) is 4.33. The smallest absolute Gasteiger partial charge is 0.257 e. The van der Waals surface area contributed by atoms with Crippen molar-refractivity contribution in [1.29, 1.82) is 0 Å². The molecule has 0 aliphatic carbocycles. The van der Waals surface area contributed by atoms with Crippen LogP contribution in [-0.4, -0.2) is 33.3 Å². The van der Waals surface area contributed by atoms with Gasteiger partial charge in [-0.05, 0) is 63.7 Å². The van der Waals surface area contributed by atoms with Crippen molar-refractivity contribution in [2.75, 3.05) is 27.4 Å². The summed E-state index contributed by atoms with van der Waals surface area (Å²) in [6.45, 7) is 4.76. The van der Waals surface area contributed by atoms with Gasteiger partial charge in [0.1, 0.15) is 5.75 Å². The minimum Gasteiger partial charge on any atom is -0.493 e. The number of methoxy groups -OCH3 is 2. The van der Waals surface area contributed by atoms with E-state index in [0.717, 1.165) is 10.0 Å². The molecule has 0 saturated heterocycles. The van der Waals surface area contributed by atoms with Gasteiger partial charge in [0.05, 0.1) is 18.7 Å². The maximum Gasteiger partial charge on any atom is 0.257 e.